The summed E-state index contributed by atoms with van der Waals surface area (Å²) in [6, 6.07) is 2.09. The van der Waals surface area contributed by atoms with Crippen molar-refractivity contribution >= 4 is 0 Å². The molecule has 2 rings (SSSR count). The molecule has 0 radical (unpaired) electrons. The lowest BCUT2D eigenvalue weighted by molar-refractivity contribution is 0.289. The maximum Gasteiger partial charge on any atom is 0.108 e. The molecular formula is C10H8N2O. The van der Waals surface area contributed by atoms with Crippen LogP contribution in [0.1, 0.15) is 0 Å². The zero-order valence-electron chi connectivity index (χ0n) is 6.97. The van der Waals surface area contributed by atoms with Gasteiger partial charge >= 0.3 is 0 Å². The first kappa shape index (κ1) is 7.69. The molecule has 0 saturated heterocycles. The van der Waals surface area contributed by atoms with Gasteiger partial charge in [0.25, 0.3) is 0 Å². The summed E-state index contributed by atoms with van der Waals surface area (Å²) in [5, 5.41) is 8.68. The minimum absolute atomic E-state index is 0.572. The third kappa shape index (κ3) is 1.47. The SMILES string of the molecule is N#CC1=CN2C=COCC=C2C=C1. The molecule has 0 aromatic carbocycles. The van der Waals surface area contributed by atoms with Crippen LogP contribution in [0.2, 0.25) is 0 Å². The highest BCUT2D eigenvalue weighted by atomic mass is 16.5. The molecule has 0 fully saturated rings. The minimum Gasteiger partial charge on any atom is -0.496 e. The standard InChI is InChI=1S/C10H8N2O/c11-7-9-1-2-10-3-5-13-6-4-12(10)8-9/h1-4,6,8H,5H2. The predicted molar refractivity (Wildman–Crippen MR) is 47.9 cm³/mol. The Balaban J connectivity index is 2.34. The molecule has 13 heavy (non-hydrogen) atoms. The average molecular weight is 172 g/mol. The van der Waals surface area contributed by atoms with Crippen LogP contribution in [0.5, 0.6) is 0 Å². The molecule has 2 aliphatic heterocycles. The second-order valence-electron chi connectivity index (χ2n) is 2.68. The van der Waals surface area contributed by atoms with Crippen molar-refractivity contribution in [2.45, 2.75) is 0 Å². The molecule has 2 heterocycles. The molecule has 0 aromatic rings. The molecule has 0 spiro atoms. The van der Waals surface area contributed by atoms with Crippen molar-refractivity contribution in [2.24, 2.45) is 0 Å². The Labute approximate surface area is 76.5 Å². The van der Waals surface area contributed by atoms with E-state index in [1.54, 1.807) is 24.7 Å². The van der Waals surface area contributed by atoms with E-state index >= 15 is 0 Å². The van der Waals surface area contributed by atoms with E-state index in [1.807, 2.05) is 17.1 Å². The van der Waals surface area contributed by atoms with E-state index in [0.717, 1.165) is 5.70 Å². The third-order valence-corrected chi connectivity index (χ3v) is 1.85. The van der Waals surface area contributed by atoms with Gasteiger partial charge < -0.3 is 9.64 Å². The highest BCUT2D eigenvalue weighted by molar-refractivity contribution is 5.42. The van der Waals surface area contributed by atoms with Crippen LogP contribution in [0.3, 0.4) is 0 Å². The lowest BCUT2D eigenvalue weighted by atomic mass is 10.2. The van der Waals surface area contributed by atoms with Crippen molar-refractivity contribution < 1.29 is 4.74 Å². The van der Waals surface area contributed by atoms with E-state index in [2.05, 4.69) is 6.07 Å². The van der Waals surface area contributed by atoms with Gasteiger partial charge in [-0.15, -0.1) is 0 Å². The number of hydrogen-bond donors (Lipinski definition) is 0. The highest BCUT2D eigenvalue weighted by Gasteiger charge is 2.09. The Kier molecular flexibility index (Phi) is 1.89. The smallest absolute Gasteiger partial charge is 0.108 e. The Morgan fingerprint density at radius 3 is 3.23 bits per heavy atom. The zero-order valence-corrected chi connectivity index (χ0v) is 6.97. The first-order valence-electron chi connectivity index (χ1n) is 3.97. The Morgan fingerprint density at radius 1 is 1.46 bits per heavy atom. The topological polar surface area (TPSA) is 36.3 Å². The predicted octanol–water partition coefficient (Wildman–Crippen LogP) is 1.65. The second-order valence-corrected chi connectivity index (χ2v) is 2.68. The van der Waals surface area contributed by atoms with E-state index < -0.39 is 0 Å². The van der Waals surface area contributed by atoms with Crippen molar-refractivity contribution in [3.63, 3.8) is 0 Å². The molecule has 0 atom stereocenters. The summed E-state index contributed by atoms with van der Waals surface area (Å²) in [5.41, 5.74) is 1.68. The molecule has 64 valence electrons. The fourth-order valence-corrected chi connectivity index (χ4v) is 1.19. The van der Waals surface area contributed by atoms with Crippen molar-refractivity contribution in [3.05, 3.63) is 48.2 Å². The maximum atomic E-state index is 8.68. The molecule has 0 N–H and O–H groups in total. The quantitative estimate of drug-likeness (QED) is 0.557. The van der Waals surface area contributed by atoms with E-state index in [0.29, 0.717) is 12.2 Å². The van der Waals surface area contributed by atoms with Crippen molar-refractivity contribution in [1.82, 2.24) is 4.90 Å². The minimum atomic E-state index is 0.572. The van der Waals surface area contributed by atoms with Gasteiger partial charge in [0.1, 0.15) is 12.7 Å². The van der Waals surface area contributed by atoms with E-state index in [9.17, 15) is 0 Å². The number of ether oxygens (including phenoxy) is 1. The highest BCUT2D eigenvalue weighted by Crippen LogP contribution is 2.18. The van der Waals surface area contributed by atoms with Crippen LogP contribution in [0.25, 0.3) is 0 Å². The van der Waals surface area contributed by atoms with Crippen molar-refractivity contribution in [1.29, 1.82) is 5.26 Å². The Bertz CT molecular complexity index is 369. The molecule has 0 saturated carbocycles. The van der Waals surface area contributed by atoms with Gasteiger partial charge in [-0.2, -0.15) is 5.26 Å². The molecule has 0 amide bonds. The zero-order chi connectivity index (χ0) is 9.10. The Hall–Kier alpha value is -1.95. The van der Waals surface area contributed by atoms with Crippen molar-refractivity contribution in [3.8, 4) is 6.07 Å². The molecule has 3 heteroatoms. The molecule has 0 aromatic heterocycles. The summed E-state index contributed by atoms with van der Waals surface area (Å²) in [6.07, 6.45) is 10.8. The van der Waals surface area contributed by atoms with E-state index in [1.165, 1.54) is 0 Å². The van der Waals surface area contributed by atoms with Crippen LogP contribution >= 0.6 is 0 Å². The first-order valence-corrected chi connectivity index (χ1v) is 3.97. The van der Waals surface area contributed by atoms with E-state index in [4.69, 9.17) is 10.00 Å². The summed E-state index contributed by atoms with van der Waals surface area (Å²) in [7, 11) is 0. The molecule has 0 bridgehead atoms. The van der Waals surface area contributed by atoms with Crippen LogP contribution in [0.4, 0.5) is 0 Å². The van der Waals surface area contributed by atoms with Gasteiger partial charge in [-0.05, 0) is 18.2 Å². The summed E-state index contributed by atoms with van der Waals surface area (Å²) < 4.78 is 5.11. The molecule has 0 aliphatic carbocycles. The number of nitrogens with zero attached hydrogens (tertiary/aromatic N) is 2. The van der Waals surface area contributed by atoms with Crippen LogP contribution in [-0.4, -0.2) is 11.5 Å². The van der Waals surface area contributed by atoms with Gasteiger partial charge in [0, 0.05) is 18.1 Å². The van der Waals surface area contributed by atoms with Gasteiger partial charge in [0.05, 0.1) is 11.8 Å². The summed E-state index contributed by atoms with van der Waals surface area (Å²) >= 11 is 0. The number of nitriles is 1. The Morgan fingerprint density at radius 2 is 2.38 bits per heavy atom. The summed E-state index contributed by atoms with van der Waals surface area (Å²) in [5.74, 6) is 0. The molecule has 2 aliphatic rings. The van der Waals surface area contributed by atoms with Crippen LogP contribution in [0.15, 0.2) is 48.2 Å². The van der Waals surface area contributed by atoms with Gasteiger partial charge in [-0.3, -0.25) is 0 Å². The normalized spacial score (nSPS) is 19.2. The maximum absolute atomic E-state index is 8.68. The van der Waals surface area contributed by atoms with Crippen LogP contribution < -0.4 is 0 Å². The van der Waals surface area contributed by atoms with Gasteiger partial charge in [0.2, 0.25) is 0 Å². The van der Waals surface area contributed by atoms with Gasteiger partial charge in [0.15, 0.2) is 0 Å². The molecular weight excluding hydrogens is 164 g/mol. The fourth-order valence-electron chi connectivity index (χ4n) is 1.19. The average Bonchev–Trinajstić information content (AvgIpc) is 2.41. The monoisotopic (exact) mass is 172 g/mol. The molecule has 3 nitrogen and oxygen atoms in total. The second kappa shape index (κ2) is 3.20. The van der Waals surface area contributed by atoms with Crippen molar-refractivity contribution in [2.75, 3.05) is 6.61 Å². The van der Waals surface area contributed by atoms with Crippen LogP contribution in [-0.2, 0) is 4.74 Å². The van der Waals surface area contributed by atoms with Gasteiger partial charge in [-0.25, -0.2) is 0 Å². The number of hydrogen-bond acceptors (Lipinski definition) is 3. The first-order chi connectivity index (χ1) is 6.40. The van der Waals surface area contributed by atoms with Crippen LogP contribution in [0, 0.1) is 11.3 Å². The lowest BCUT2D eigenvalue weighted by Crippen LogP contribution is -2.10. The number of fused-ring (bicyclic) bond motifs is 1. The number of rotatable bonds is 0. The summed E-state index contributed by atoms with van der Waals surface area (Å²) in [4.78, 5) is 1.87. The number of allylic oxidation sites excluding steroid dienone is 3. The van der Waals surface area contributed by atoms with Gasteiger partial charge in [-0.1, -0.05) is 0 Å². The summed E-state index contributed by atoms with van der Waals surface area (Å²) in [6.45, 7) is 0.572. The lowest BCUT2D eigenvalue weighted by Gasteiger charge is -2.18. The fraction of sp³-hybridized carbons (Fsp3) is 0.100. The molecule has 0 unspecified atom stereocenters. The van der Waals surface area contributed by atoms with E-state index in [-0.39, 0.29) is 0 Å². The third-order valence-electron chi connectivity index (χ3n) is 1.85. The largest absolute Gasteiger partial charge is 0.496 e.